The molecule has 0 unspecified atom stereocenters. The van der Waals surface area contributed by atoms with Crippen LogP contribution in [0.2, 0.25) is 0 Å². The Hall–Kier alpha value is -3.02. The number of carbonyl (C=O) groups is 1. The molecule has 0 saturated carbocycles. The minimum absolute atomic E-state index is 0.111. The van der Waals surface area contributed by atoms with Crippen LogP contribution in [0.15, 0.2) is 60.9 Å². The van der Waals surface area contributed by atoms with Crippen molar-refractivity contribution in [3.05, 3.63) is 66.6 Å². The first kappa shape index (κ1) is 16.8. The number of rotatable bonds is 7. The second-order valence-corrected chi connectivity index (χ2v) is 5.76. The first-order valence-corrected chi connectivity index (χ1v) is 8.32. The van der Waals surface area contributed by atoms with E-state index in [1.54, 1.807) is 11.9 Å². The summed E-state index contributed by atoms with van der Waals surface area (Å²) in [5, 5.41) is 2.91. The highest BCUT2D eigenvalue weighted by atomic mass is 16.5. The van der Waals surface area contributed by atoms with Crippen molar-refractivity contribution in [1.29, 1.82) is 0 Å². The van der Waals surface area contributed by atoms with E-state index in [9.17, 15) is 4.79 Å². The van der Waals surface area contributed by atoms with Gasteiger partial charge < -0.3 is 19.4 Å². The maximum atomic E-state index is 12.1. The topological polar surface area (TPSA) is 58.9 Å². The number of nitrogens with zero attached hydrogens (tertiary/aromatic N) is 3. The van der Waals surface area contributed by atoms with Gasteiger partial charge in [-0.25, -0.2) is 9.78 Å². The zero-order valence-electron chi connectivity index (χ0n) is 14.3. The maximum Gasteiger partial charge on any atom is 0.317 e. The van der Waals surface area contributed by atoms with Gasteiger partial charge >= 0.3 is 6.03 Å². The summed E-state index contributed by atoms with van der Waals surface area (Å²) in [5.41, 5.74) is 1.88. The Labute approximate surface area is 147 Å². The molecule has 1 N–H and O–H groups in total. The van der Waals surface area contributed by atoms with Crippen LogP contribution < -0.4 is 10.1 Å². The smallest absolute Gasteiger partial charge is 0.317 e. The van der Waals surface area contributed by atoms with Crippen molar-refractivity contribution >= 4 is 11.7 Å². The Bertz CT molecular complexity index is 783. The van der Waals surface area contributed by atoms with E-state index in [1.807, 2.05) is 65.3 Å². The summed E-state index contributed by atoms with van der Waals surface area (Å²) in [5.74, 6) is 0.808. The van der Waals surface area contributed by atoms with Gasteiger partial charge in [0.2, 0.25) is 0 Å². The fraction of sp³-hybridized carbons (Fsp3) is 0.263. The number of imidazole rings is 1. The van der Waals surface area contributed by atoms with E-state index >= 15 is 0 Å². The van der Waals surface area contributed by atoms with Gasteiger partial charge in [-0.2, -0.15) is 0 Å². The van der Waals surface area contributed by atoms with Gasteiger partial charge in [0.05, 0.1) is 12.2 Å². The first-order chi connectivity index (χ1) is 12.2. The largest absolute Gasteiger partial charge is 0.492 e. The molecule has 25 heavy (non-hydrogen) atoms. The molecular formula is C19H22N4O2. The van der Waals surface area contributed by atoms with Crippen LogP contribution in [-0.2, 0) is 6.42 Å². The lowest BCUT2D eigenvalue weighted by Gasteiger charge is -2.18. The minimum Gasteiger partial charge on any atom is -0.492 e. The third kappa shape index (κ3) is 4.73. The first-order valence-electron chi connectivity index (χ1n) is 8.32. The summed E-state index contributed by atoms with van der Waals surface area (Å²) in [6.07, 6.45) is 4.64. The number of pyridine rings is 1. The summed E-state index contributed by atoms with van der Waals surface area (Å²) < 4.78 is 7.58. The number of nitrogens with one attached hydrogen (secondary N) is 1. The molecule has 2 aromatic heterocycles. The Morgan fingerprint density at radius 1 is 1.20 bits per heavy atom. The molecule has 0 aliphatic rings. The number of amides is 2. The Balaban J connectivity index is 1.38. The summed E-state index contributed by atoms with van der Waals surface area (Å²) in [7, 11) is 1.76. The second-order valence-electron chi connectivity index (χ2n) is 5.76. The highest BCUT2D eigenvalue weighted by Crippen LogP contribution is 2.08. The molecule has 130 valence electrons. The van der Waals surface area contributed by atoms with Crippen molar-refractivity contribution in [1.82, 2.24) is 19.6 Å². The van der Waals surface area contributed by atoms with Crippen LogP contribution in [0.4, 0.5) is 4.79 Å². The summed E-state index contributed by atoms with van der Waals surface area (Å²) in [6, 6.07) is 15.4. The fourth-order valence-corrected chi connectivity index (χ4v) is 2.46. The van der Waals surface area contributed by atoms with E-state index in [0.29, 0.717) is 26.1 Å². The lowest BCUT2D eigenvalue weighted by Crippen LogP contribution is -2.40. The van der Waals surface area contributed by atoms with Gasteiger partial charge in [-0.05, 0) is 24.3 Å². The number of ether oxygens (including phenoxy) is 1. The standard InChI is InChI=1S/C19H22N4O2/c1-22(13-14-25-17-7-3-2-4-8-17)19(24)20-11-10-16-15-23-12-6-5-9-18(23)21-16/h2-9,12,15H,10-11,13-14H2,1H3,(H,20,24). The van der Waals surface area contributed by atoms with Gasteiger partial charge in [-0.1, -0.05) is 24.3 Å². The van der Waals surface area contributed by atoms with Gasteiger partial charge in [0.15, 0.2) is 0 Å². The number of carbonyl (C=O) groups excluding carboxylic acids is 1. The highest BCUT2D eigenvalue weighted by molar-refractivity contribution is 5.73. The molecule has 0 saturated heterocycles. The van der Waals surface area contributed by atoms with Crippen molar-refractivity contribution in [2.75, 3.05) is 26.7 Å². The van der Waals surface area contributed by atoms with E-state index < -0.39 is 0 Å². The lowest BCUT2D eigenvalue weighted by atomic mass is 10.3. The zero-order chi connectivity index (χ0) is 17.5. The third-order valence-corrected chi connectivity index (χ3v) is 3.86. The molecule has 0 atom stereocenters. The van der Waals surface area contributed by atoms with E-state index in [2.05, 4.69) is 10.3 Å². The quantitative estimate of drug-likeness (QED) is 0.720. The number of hydrogen-bond donors (Lipinski definition) is 1. The highest BCUT2D eigenvalue weighted by Gasteiger charge is 2.08. The number of urea groups is 1. The van der Waals surface area contributed by atoms with Crippen molar-refractivity contribution < 1.29 is 9.53 Å². The molecule has 2 amide bonds. The fourth-order valence-electron chi connectivity index (χ4n) is 2.46. The van der Waals surface area contributed by atoms with Gasteiger partial charge in [-0.15, -0.1) is 0 Å². The van der Waals surface area contributed by atoms with E-state index in [1.165, 1.54) is 0 Å². The summed E-state index contributed by atoms with van der Waals surface area (Å²) in [4.78, 5) is 18.2. The van der Waals surface area contributed by atoms with Crippen molar-refractivity contribution in [3.8, 4) is 5.75 Å². The van der Waals surface area contributed by atoms with Gasteiger partial charge in [0.25, 0.3) is 0 Å². The SMILES string of the molecule is CN(CCOc1ccccc1)C(=O)NCCc1cn2ccccc2n1. The maximum absolute atomic E-state index is 12.1. The molecule has 0 spiro atoms. The molecule has 3 rings (SSSR count). The van der Waals surface area contributed by atoms with Crippen LogP contribution in [0.1, 0.15) is 5.69 Å². The van der Waals surface area contributed by atoms with Crippen LogP contribution in [0.25, 0.3) is 5.65 Å². The number of hydrogen-bond acceptors (Lipinski definition) is 3. The average molecular weight is 338 g/mol. The molecule has 0 bridgehead atoms. The number of likely N-dealkylation sites (N-methyl/N-ethyl adjacent to an activating group) is 1. The number of fused-ring (bicyclic) bond motifs is 1. The molecule has 0 aliphatic carbocycles. The Morgan fingerprint density at radius 2 is 2.00 bits per heavy atom. The number of aromatic nitrogens is 2. The van der Waals surface area contributed by atoms with Crippen molar-refractivity contribution in [3.63, 3.8) is 0 Å². The molecule has 0 radical (unpaired) electrons. The zero-order valence-corrected chi connectivity index (χ0v) is 14.3. The Kier molecular flexibility index (Phi) is 5.51. The summed E-state index contributed by atoms with van der Waals surface area (Å²) >= 11 is 0. The third-order valence-electron chi connectivity index (χ3n) is 3.86. The second kappa shape index (κ2) is 8.19. The van der Waals surface area contributed by atoms with Crippen LogP contribution in [0, 0.1) is 0 Å². The molecular weight excluding hydrogens is 316 g/mol. The number of benzene rings is 1. The predicted molar refractivity (Wildman–Crippen MR) is 96.9 cm³/mol. The minimum atomic E-state index is -0.111. The molecule has 6 heteroatoms. The molecule has 2 heterocycles. The van der Waals surface area contributed by atoms with E-state index in [4.69, 9.17) is 4.74 Å². The average Bonchev–Trinajstić information content (AvgIpc) is 3.05. The van der Waals surface area contributed by atoms with Crippen LogP contribution >= 0.6 is 0 Å². The summed E-state index contributed by atoms with van der Waals surface area (Å²) in [6.45, 7) is 1.53. The molecule has 1 aromatic carbocycles. The van der Waals surface area contributed by atoms with Crippen LogP contribution in [0.3, 0.4) is 0 Å². The van der Waals surface area contributed by atoms with E-state index in [-0.39, 0.29) is 6.03 Å². The van der Waals surface area contributed by atoms with Crippen LogP contribution in [0.5, 0.6) is 5.75 Å². The van der Waals surface area contributed by atoms with E-state index in [0.717, 1.165) is 17.1 Å². The van der Waals surface area contributed by atoms with Crippen LogP contribution in [-0.4, -0.2) is 47.1 Å². The monoisotopic (exact) mass is 338 g/mol. The molecule has 0 aliphatic heterocycles. The predicted octanol–water partition coefficient (Wildman–Crippen LogP) is 2.60. The molecule has 0 fully saturated rings. The van der Waals surface area contributed by atoms with Gasteiger partial charge in [0.1, 0.15) is 18.0 Å². The van der Waals surface area contributed by atoms with Crippen molar-refractivity contribution in [2.45, 2.75) is 6.42 Å². The lowest BCUT2D eigenvalue weighted by molar-refractivity contribution is 0.195. The normalized spacial score (nSPS) is 10.6. The Morgan fingerprint density at radius 3 is 2.80 bits per heavy atom. The van der Waals surface area contributed by atoms with Crippen molar-refractivity contribution in [2.24, 2.45) is 0 Å². The van der Waals surface area contributed by atoms with Gasteiger partial charge in [0, 0.05) is 32.4 Å². The number of para-hydroxylation sites is 1. The van der Waals surface area contributed by atoms with Gasteiger partial charge in [-0.3, -0.25) is 0 Å². The molecule has 3 aromatic rings. The molecule has 6 nitrogen and oxygen atoms in total.